The smallest absolute Gasteiger partial charge is 0.410 e. The van der Waals surface area contributed by atoms with E-state index in [0.717, 1.165) is 19.4 Å². The zero-order chi connectivity index (χ0) is 17.0. The van der Waals surface area contributed by atoms with E-state index >= 15 is 0 Å². The van der Waals surface area contributed by atoms with E-state index in [0.29, 0.717) is 12.6 Å². The highest BCUT2D eigenvalue weighted by atomic mass is 16.6. The molecule has 128 valence electrons. The Morgan fingerprint density at radius 1 is 1.35 bits per heavy atom. The third-order valence-electron chi connectivity index (χ3n) is 4.21. The van der Waals surface area contributed by atoms with Crippen LogP contribution in [0.3, 0.4) is 0 Å². The van der Waals surface area contributed by atoms with Crippen LogP contribution < -0.4 is 5.32 Å². The molecular weight excluding hydrogens is 288 g/mol. The highest BCUT2D eigenvalue weighted by molar-refractivity contribution is 5.68. The van der Waals surface area contributed by atoms with Crippen LogP contribution in [0.25, 0.3) is 0 Å². The van der Waals surface area contributed by atoms with Crippen molar-refractivity contribution in [2.45, 2.75) is 65.1 Å². The van der Waals surface area contributed by atoms with E-state index in [9.17, 15) is 4.79 Å². The van der Waals surface area contributed by atoms with Crippen molar-refractivity contribution in [2.24, 2.45) is 0 Å². The number of carbonyl (C=O) groups is 1. The fourth-order valence-electron chi connectivity index (χ4n) is 3.12. The van der Waals surface area contributed by atoms with Crippen molar-refractivity contribution in [3.63, 3.8) is 0 Å². The summed E-state index contributed by atoms with van der Waals surface area (Å²) in [6, 6.07) is 9.04. The van der Waals surface area contributed by atoms with Gasteiger partial charge in [-0.1, -0.05) is 24.3 Å². The average Bonchev–Trinajstić information content (AvgIpc) is 2.46. The number of piperidine rings is 1. The molecule has 1 aliphatic heterocycles. The maximum absolute atomic E-state index is 12.2. The molecular formula is C19H30N2O2. The number of nitrogens with one attached hydrogen (secondary N) is 1. The first-order chi connectivity index (χ1) is 10.8. The second kappa shape index (κ2) is 7.35. The highest BCUT2D eigenvalue weighted by Crippen LogP contribution is 2.21. The lowest BCUT2D eigenvalue weighted by Crippen LogP contribution is -2.49. The molecule has 0 aromatic heterocycles. The van der Waals surface area contributed by atoms with Crippen LogP contribution in [0.4, 0.5) is 4.79 Å². The Balaban J connectivity index is 1.94. The van der Waals surface area contributed by atoms with Gasteiger partial charge in [0.25, 0.3) is 0 Å². The van der Waals surface area contributed by atoms with E-state index in [1.54, 1.807) is 0 Å². The molecule has 23 heavy (non-hydrogen) atoms. The fourth-order valence-corrected chi connectivity index (χ4v) is 3.12. The van der Waals surface area contributed by atoms with Gasteiger partial charge in [-0.3, -0.25) is 0 Å². The SMILES string of the molecule is Cc1ccccc1[C@@H](C)NC1CCCN(C(=O)OC(C)(C)C)C1. The molecule has 1 amide bonds. The van der Waals surface area contributed by atoms with Crippen LogP contribution in [0.1, 0.15) is 57.7 Å². The van der Waals surface area contributed by atoms with E-state index in [-0.39, 0.29) is 12.1 Å². The first kappa shape index (κ1) is 17.8. The summed E-state index contributed by atoms with van der Waals surface area (Å²) in [7, 11) is 0. The number of likely N-dealkylation sites (tertiary alicyclic amines) is 1. The molecule has 1 saturated heterocycles. The van der Waals surface area contributed by atoms with Gasteiger partial charge in [0, 0.05) is 25.2 Å². The summed E-state index contributed by atoms with van der Waals surface area (Å²) in [4.78, 5) is 14.1. The number of carbonyl (C=O) groups excluding carboxylic acids is 1. The van der Waals surface area contributed by atoms with Crippen molar-refractivity contribution >= 4 is 6.09 Å². The van der Waals surface area contributed by atoms with Crippen molar-refractivity contribution in [1.29, 1.82) is 0 Å². The molecule has 0 radical (unpaired) electrons. The number of amides is 1. The molecule has 1 fully saturated rings. The minimum absolute atomic E-state index is 0.201. The summed E-state index contributed by atoms with van der Waals surface area (Å²) in [6.45, 7) is 11.5. The van der Waals surface area contributed by atoms with Gasteiger partial charge in [0.15, 0.2) is 0 Å². The van der Waals surface area contributed by atoms with E-state index in [2.05, 4.69) is 43.4 Å². The first-order valence-corrected chi connectivity index (χ1v) is 8.56. The minimum atomic E-state index is -0.439. The first-order valence-electron chi connectivity index (χ1n) is 8.56. The van der Waals surface area contributed by atoms with Gasteiger partial charge >= 0.3 is 6.09 Å². The molecule has 1 N–H and O–H groups in total. The van der Waals surface area contributed by atoms with Crippen LogP contribution in [-0.4, -0.2) is 35.7 Å². The van der Waals surface area contributed by atoms with Crippen molar-refractivity contribution in [1.82, 2.24) is 10.2 Å². The maximum Gasteiger partial charge on any atom is 0.410 e. The van der Waals surface area contributed by atoms with Crippen LogP contribution in [-0.2, 0) is 4.74 Å². The Bertz CT molecular complexity index is 536. The molecule has 2 rings (SSSR count). The van der Waals surface area contributed by atoms with Crippen LogP contribution in [0.15, 0.2) is 24.3 Å². The van der Waals surface area contributed by atoms with Crippen LogP contribution >= 0.6 is 0 Å². The predicted molar refractivity (Wildman–Crippen MR) is 93.6 cm³/mol. The number of ether oxygens (including phenoxy) is 1. The molecule has 0 bridgehead atoms. The van der Waals surface area contributed by atoms with Gasteiger partial charge in [-0.2, -0.15) is 0 Å². The average molecular weight is 318 g/mol. The van der Waals surface area contributed by atoms with Gasteiger partial charge in [-0.05, 0) is 58.6 Å². The standard InChI is InChI=1S/C19H30N2O2/c1-14-9-6-7-11-17(14)15(2)20-16-10-8-12-21(13-16)18(22)23-19(3,4)5/h6-7,9,11,15-16,20H,8,10,12-13H2,1-5H3/t15-,16?/m1/s1. The monoisotopic (exact) mass is 318 g/mol. The summed E-state index contributed by atoms with van der Waals surface area (Å²) in [5.41, 5.74) is 2.18. The van der Waals surface area contributed by atoms with Gasteiger partial charge < -0.3 is 15.0 Å². The molecule has 0 saturated carbocycles. The largest absolute Gasteiger partial charge is 0.444 e. The van der Waals surface area contributed by atoms with Crippen LogP contribution in [0.2, 0.25) is 0 Å². The van der Waals surface area contributed by atoms with Crippen molar-refractivity contribution in [3.8, 4) is 0 Å². The molecule has 1 unspecified atom stereocenters. The van der Waals surface area contributed by atoms with Crippen molar-refractivity contribution in [2.75, 3.05) is 13.1 Å². The summed E-state index contributed by atoms with van der Waals surface area (Å²) in [5.74, 6) is 0. The lowest BCUT2D eigenvalue weighted by atomic mass is 9.99. The number of hydrogen-bond acceptors (Lipinski definition) is 3. The predicted octanol–water partition coefficient (Wildman–Crippen LogP) is 4.05. The van der Waals surface area contributed by atoms with E-state index in [1.807, 2.05) is 25.7 Å². The zero-order valence-corrected chi connectivity index (χ0v) is 15.1. The molecule has 0 aliphatic carbocycles. The van der Waals surface area contributed by atoms with Crippen molar-refractivity contribution < 1.29 is 9.53 Å². The summed E-state index contributed by atoms with van der Waals surface area (Å²) < 4.78 is 5.49. The normalized spacial score (nSPS) is 20.2. The molecule has 1 aliphatic rings. The molecule has 1 heterocycles. The molecule has 4 heteroatoms. The van der Waals surface area contributed by atoms with E-state index < -0.39 is 5.60 Å². The lowest BCUT2D eigenvalue weighted by molar-refractivity contribution is 0.0184. The molecule has 4 nitrogen and oxygen atoms in total. The Labute approximate surface area is 140 Å². The van der Waals surface area contributed by atoms with E-state index in [1.165, 1.54) is 11.1 Å². The number of aryl methyl sites for hydroxylation is 1. The van der Waals surface area contributed by atoms with Gasteiger partial charge in [0.2, 0.25) is 0 Å². The number of hydrogen-bond donors (Lipinski definition) is 1. The zero-order valence-electron chi connectivity index (χ0n) is 15.1. The number of nitrogens with zero attached hydrogens (tertiary/aromatic N) is 1. The third kappa shape index (κ3) is 5.24. The Kier molecular flexibility index (Phi) is 5.69. The Morgan fingerprint density at radius 2 is 2.04 bits per heavy atom. The summed E-state index contributed by atoms with van der Waals surface area (Å²) in [6.07, 6.45) is 1.90. The second-order valence-corrected chi connectivity index (χ2v) is 7.51. The van der Waals surface area contributed by atoms with Crippen LogP contribution in [0.5, 0.6) is 0 Å². The number of benzene rings is 1. The van der Waals surface area contributed by atoms with Crippen molar-refractivity contribution in [3.05, 3.63) is 35.4 Å². The van der Waals surface area contributed by atoms with Gasteiger partial charge in [-0.25, -0.2) is 4.79 Å². The molecule has 2 atom stereocenters. The Morgan fingerprint density at radius 3 is 2.70 bits per heavy atom. The number of rotatable bonds is 3. The topological polar surface area (TPSA) is 41.6 Å². The maximum atomic E-state index is 12.2. The fraction of sp³-hybridized carbons (Fsp3) is 0.632. The quantitative estimate of drug-likeness (QED) is 0.914. The molecule has 0 spiro atoms. The second-order valence-electron chi connectivity index (χ2n) is 7.51. The van der Waals surface area contributed by atoms with Gasteiger partial charge in [-0.15, -0.1) is 0 Å². The van der Waals surface area contributed by atoms with Gasteiger partial charge in [0.05, 0.1) is 0 Å². The third-order valence-corrected chi connectivity index (χ3v) is 4.21. The van der Waals surface area contributed by atoms with Gasteiger partial charge in [0.1, 0.15) is 5.60 Å². The summed E-state index contributed by atoms with van der Waals surface area (Å²) >= 11 is 0. The minimum Gasteiger partial charge on any atom is -0.444 e. The molecule has 1 aromatic rings. The molecule has 1 aromatic carbocycles. The van der Waals surface area contributed by atoms with E-state index in [4.69, 9.17) is 4.74 Å². The Hall–Kier alpha value is -1.55. The van der Waals surface area contributed by atoms with Crippen LogP contribution in [0, 0.1) is 6.92 Å². The lowest BCUT2D eigenvalue weighted by Gasteiger charge is -2.36. The summed E-state index contributed by atoms with van der Waals surface area (Å²) in [5, 5.41) is 3.67. The highest BCUT2D eigenvalue weighted by Gasteiger charge is 2.28.